The number of nitrogens with one attached hydrogen (secondary N) is 2. The Bertz CT molecular complexity index is 818. The van der Waals surface area contributed by atoms with Crippen molar-refractivity contribution < 1.29 is 14.4 Å². The van der Waals surface area contributed by atoms with Crippen molar-refractivity contribution in [2.75, 3.05) is 26.7 Å². The van der Waals surface area contributed by atoms with Crippen LogP contribution in [0.4, 0.5) is 0 Å². The predicted molar refractivity (Wildman–Crippen MR) is 95.0 cm³/mol. The van der Waals surface area contributed by atoms with Gasteiger partial charge in [0.15, 0.2) is 0 Å². The molecule has 0 radical (unpaired) electrons. The molecule has 2 aromatic rings. The summed E-state index contributed by atoms with van der Waals surface area (Å²) in [5, 5.41) is 7.36. The summed E-state index contributed by atoms with van der Waals surface area (Å²) in [6, 6.07) is 13.2. The highest BCUT2D eigenvalue weighted by Crippen LogP contribution is 2.16. The van der Waals surface area contributed by atoms with Crippen molar-refractivity contribution in [3.63, 3.8) is 0 Å². The van der Waals surface area contributed by atoms with Gasteiger partial charge in [-0.05, 0) is 29.3 Å². The first kappa shape index (κ1) is 17.0. The molecule has 3 rings (SSSR count). The van der Waals surface area contributed by atoms with Gasteiger partial charge in [0.25, 0.3) is 5.91 Å². The van der Waals surface area contributed by atoms with Gasteiger partial charge in [-0.25, -0.2) is 0 Å². The minimum Gasteiger partial charge on any atom is -0.354 e. The lowest BCUT2D eigenvalue weighted by atomic mass is 10.1. The van der Waals surface area contributed by atoms with E-state index in [2.05, 4.69) is 10.6 Å². The summed E-state index contributed by atoms with van der Waals surface area (Å²) < 4.78 is 0. The van der Waals surface area contributed by atoms with E-state index in [1.54, 1.807) is 24.1 Å². The number of carbonyl (C=O) groups excluding carboxylic acids is 3. The summed E-state index contributed by atoms with van der Waals surface area (Å²) in [5.74, 6) is -0.695. The molecule has 1 heterocycles. The zero-order valence-corrected chi connectivity index (χ0v) is 14.1. The molecular weight excluding hydrogens is 318 g/mol. The number of nitrogens with zero attached hydrogens (tertiary/aromatic N) is 1. The Balaban J connectivity index is 1.49. The van der Waals surface area contributed by atoms with Gasteiger partial charge in [-0.15, -0.1) is 0 Å². The Kier molecular flexibility index (Phi) is 4.97. The van der Waals surface area contributed by atoms with E-state index in [1.807, 2.05) is 30.3 Å². The molecule has 2 aromatic carbocycles. The summed E-state index contributed by atoms with van der Waals surface area (Å²) in [5.41, 5.74) is 0.513. The second kappa shape index (κ2) is 7.34. The first-order valence-corrected chi connectivity index (χ1v) is 8.33. The van der Waals surface area contributed by atoms with Crippen LogP contribution in [0.5, 0.6) is 0 Å². The largest absolute Gasteiger partial charge is 0.354 e. The Hall–Kier alpha value is -2.89. The van der Waals surface area contributed by atoms with Crippen LogP contribution in [-0.2, 0) is 9.59 Å². The maximum absolute atomic E-state index is 12.2. The highest BCUT2D eigenvalue weighted by molar-refractivity contribution is 6.00. The molecule has 130 valence electrons. The second-order valence-corrected chi connectivity index (χ2v) is 6.29. The van der Waals surface area contributed by atoms with Gasteiger partial charge in [0.2, 0.25) is 11.8 Å². The quantitative estimate of drug-likeness (QED) is 0.858. The van der Waals surface area contributed by atoms with E-state index < -0.39 is 0 Å². The van der Waals surface area contributed by atoms with Gasteiger partial charge in [-0.2, -0.15) is 0 Å². The van der Waals surface area contributed by atoms with E-state index >= 15 is 0 Å². The van der Waals surface area contributed by atoms with Crippen molar-refractivity contribution in [3.05, 3.63) is 48.0 Å². The van der Waals surface area contributed by atoms with Crippen molar-refractivity contribution in [1.29, 1.82) is 0 Å². The molecule has 6 heteroatoms. The zero-order chi connectivity index (χ0) is 17.8. The highest BCUT2D eigenvalue weighted by atomic mass is 16.2. The van der Waals surface area contributed by atoms with Crippen LogP contribution >= 0.6 is 0 Å². The van der Waals surface area contributed by atoms with E-state index in [1.165, 1.54) is 0 Å². The average Bonchev–Trinajstić information content (AvgIpc) is 2.96. The molecule has 3 amide bonds. The van der Waals surface area contributed by atoms with Crippen LogP contribution < -0.4 is 10.6 Å². The molecule has 2 N–H and O–H groups in total. The third kappa shape index (κ3) is 3.96. The lowest BCUT2D eigenvalue weighted by molar-refractivity contribution is -0.130. The molecule has 1 aliphatic heterocycles. The number of hydrogen-bond acceptors (Lipinski definition) is 3. The van der Waals surface area contributed by atoms with E-state index in [4.69, 9.17) is 0 Å². The lowest BCUT2D eigenvalue weighted by Gasteiger charge is -2.12. The van der Waals surface area contributed by atoms with Crippen LogP contribution in [0.15, 0.2) is 42.5 Å². The monoisotopic (exact) mass is 339 g/mol. The molecule has 0 saturated carbocycles. The normalized spacial score (nSPS) is 16.9. The number of fused-ring (bicyclic) bond motifs is 1. The van der Waals surface area contributed by atoms with Crippen LogP contribution in [0.2, 0.25) is 0 Å². The Morgan fingerprint density at radius 3 is 2.60 bits per heavy atom. The minimum atomic E-state index is -0.295. The highest BCUT2D eigenvalue weighted by Gasteiger charge is 2.28. The van der Waals surface area contributed by atoms with Crippen LogP contribution in [0, 0.1) is 5.92 Å². The Morgan fingerprint density at radius 1 is 1.12 bits per heavy atom. The van der Waals surface area contributed by atoms with Gasteiger partial charge in [0, 0.05) is 25.7 Å². The van der Waals surface area contributed by atoms with Gasteiger partial charge >= 0.3 is 0 Å². The van der Waals surface area contributed by atoms with Gasteiger partial charge in [0.1, 0.15) is 0 Å². The average molecular weight is 339 g/mol. The van der Waals surface area contributed by atoms with E-state index in [0.717, 1.165) is 23.7 Å². The summed E-state index contributed by atoms with van der Waals surface area (Å²) in [6.45, 7) is 0.925. The number of likely N-dealkylation sites (tertiary alicyclic amines) is 1. The Morgan fingerprint density at radius 2 is 1.88 bits per heavy atom. The van der Waals surface area contributed by atoms with Gasteiger partial charge in [-0.3, -0.25) is 14.4 Å². The number of carbonyl (C=O) groups is 3. The molecule has 0 spiro atoms. The molecule has 0 aliphatic carbocycles. The van der Waals surface area contributed by atoms with Crippen LogP contribution in [0.25, 0.3) is 10.8 Å². The number of rotatable bonds is 5. The number of benzene rings is 2. The maximum atomic E-state index is 12.2. The molecule has 0 bridgehead atoms. The molecule has 1 saturated heterocycles. The molecule has 0 aromatic heterocycles. The third-order valence-corrected chi connectivity index (χ3v) is 4.51. The minimum absolute atomic E-state index is 0.0560. The van der Waals surface area contributed by atoms with Crippen molar-refractivity contribution in [2.24, 2.45) is 5.92 Å². The van der Waals surface area contributed by atoms with Crippen LogP contribution in [0.1, 0.15) is 16.8 Å². The fourth-order valence-corrected chi connectivity index (χ4v) is 2.98. The summed E-state index contributed by atoms with van der Waals surface area (Å²) in [6.07, 6.45) is 0.749. The molecular formula is C19H21N3O3. The van der Waals surface area contributed by atoms with Gasteiger partial charge in [0.05, 0.1) is 12.5 Å². The fraction of sp³-hybridized carbons (Fsp3) is 0.316. The Labute approximate surface area is 146 Å². The molecule has 1 unspecified atom stereocenters. The van der Waals surface area contributed by atoms with E-state index in [9.17, 15) is 14.4 Å². The molecule has 1 aliphatic rings. The van der Waals surface area contributed by atoms with E-state index in [0.29, 0.717) is 12.1 Å². The number of hydrogen-bond donors (Lipinski definition) is 2. The summed E-state index contributed by atoms with van der Waals surface area (Å²) in [4.78, 5) is 37.5. The van der Waals surface area contributed by atoms with Crippen molar-refractivity contribution in [3.8, 4) is 0 Å². The van der Waals surface area contributed by atoms with Crippen molar-refractivity contribution in [2.45, 2.75) is 6.42 Å². The summed E-state index contributed by atoms with van der Waals surface area (Å²) >= 11 is 0. The standard InChI is InChI=1S/C19H21N3O3/c1-22-9-8-16(19(22)25)11-20-17(23)12-21-18(24)15-7-6-13-4-2-3-5-14(13)10-15/h2-7,10,16H,8-9,11-12H2,1H3,(H,20,23)(H,21,24). The second-order valence-electron chi connectivity index (χ2n) is 6.29. The molecule has 6 nitrogen and oxygen atoms in total. The third-order valence-electron chi connectivity index (χ3n) is 4.51. The molecule has 1 fully saturated rings. The van der Waals surface area contributed by atoms with E-state index in [-0.39, 0.29) is 30.2 Å². The fourth-order valence-electron chi connectivity index (χ4n) is 2.98. The SMILES string of the molecule is CN1CCC(CNC(=O)CNC(=O)c2ccc3ccccc3c2)C1=O. The first-order chi connectivity index (χ1) is 12.0. The van der Waals surface area contributed by atoms with Crippen molar-refractivity contribution >= 4 is 28.5 Å². The predicted octanol–water partition coefficient (Wildman–Crippen LogP) is 1.16. The summed E-state index contributed by atoms with van der Waals surface area (Å²) in [7, 11) is 1.76. The van der Waals surface area contributed by atoms with Gasteiger partial charge < -0.3 is 15.5 Å². The molecule has 25 heavy (non-hydrogen) atoms. The topological polar surface area (TPSA) is 78.5 Å². The van der Waals surface area contributed by atoms with Crippen molar-refractivity contribution in [1.82, 2.24) is 15.5 Å². The van der Waals surface area contributed by atoms with Crippen LogP contribution in [-0.4, -0.2) is 49.3 Å². The molecule has 1 atom stereocenters. The number of amides is 3. The van der Waals surface area contributed by atoms with Crippen LogP contribution in [0.3, 0.4) is 0 Å². The maximum Gasteiger partial charge on any atom is 0.251 e. The van der Waals surface area contributed by atoms with Gasteiger partial charge in [-0.1, -0.05) is 30.3 Å². The smallest absolute Gasteiger partial charge is 0.251 e. The lowest BCUT2D eigenvalue weighted by Crippen LogP contribution is -2.40. The zero-order valence-electron chi connectivity index (χ0n) is 14.1. The first-order valence-electron chi connectivity index (χ1n) is 8.33.